The summed E-state index contributed by atoms with van der Waals surface area (Å²) in [4.78, 5) is 36.0. The number of urea groups is 1. The molecule has 0 radical (unpaired) electrons. The third kappa shape index (κ3) is 3.40. The summed E-state index contributed by atoms with van der Waals surface area (Å²) in [5.74, 6) is -2.39. The molecule has 25 heavy (non-hydrogen) atoms. The zero-order valence-corrected chi connectivity index (χ0v) is 12.9. The molecule has 2 aromatic carbocycles. The van der Waals surface area contributed by atoms with Crippen molar-refractivity contribution in [1.29, 1.82) is 0 Å². The van der Waals surface area contributed by atoms with Crippen molar-refractivity contribution in [3.63, 3.8) is 0 Å². The highest BCUT2D eigenvalue weighted by atomic mass is 19.1. The summed E-state index contributed by atoms with van der Waals surface area (Å²) in [6.07, 6.45) is 1.42. The maximum Gasteiger partial charge on any atom is 0.329 e. The predicted octanol–water partition coefficient (Wildman–Crippen LogP) is 1.28. The summed E-state index contributed by atoms with van der Waals surface area (Å²) in [5.41, 5.74) is 0.791. The first-order valence-electron chi connectivity index (χ1n) is 7.35. The Kier molecular flexibility index (Phi) is 4.30. The molecule has 6 nitrogen and oxygen atoms in total. The Hall–Kier alpha value is -3.48. The number of nitrogens with zero attached hydrogens (tertiary/aromatic N) is 1. The molecule has 7 heteroatoms. The second-order valence-electron chi connectivity index (χ2n) is 5.38. The van der Waals surface area contributed by atoms with Crippen LogP contribution in [-0.4, -0.2) is 22.8 Å². The number of hydrogen-bond donors (Lipinski definition) is 1. The van der Waals surface area contributed by atoms with E-state index in [1.54, 1.807) is 6.07 Å². The maximum atomic E-state index is 13.7. The molecule has 0 saturated carbocycles. The molecule has 3 rings (SSSR count). The van der Waals surface area contributed by atoms with Crippen molar-refractivity contribution in [2.45, 2.75) is 6.54 Å². The van der Waals surface area contributed by atoms with Gasteiger partial charge in [-0.25, -0.2) is 9.18 Å². The maximum absolute atomic E-state index is 13.7. The fraction of sp³-hybridized carbons (Fsp3) is 0.0556. The van der Waals surface area contributed by atoms with Crippen LogP contribution in [0.5, 0.6) is 0 Å². The largest absolute Gasteiger partial charge is 0.545 e. The molecular weight excluding hydrogens is 327 g/mol. The van der Waals surface area contributed by atoms with E-state index in [4.69, 9.17) is 0 Å². The summed E-state index contributed by atoms with van der Waals surface area (Å²) >= 11 is 0. The lowest BCUT2D eigenvalue weighted by molar-refractivity contribution is -0.255. The Balaban J connectivity index is 1.81. The summed E-state index contributed by atoms with van der Waals surface area (Å²) in [7, 11) is 0. The van der Waals surface area contributed by atoms with Gasteiger partial charge in [0, 0.05) is 5.56 Å². The number of carboxylic acids is 1. The van der Waals surface area contributed by atoms with Crippen LogP contribution in [0.1, 0.15) is 21.5 Å². The van der Waals surface area contributed by atoms with Crippen LogP contribution in [-0.2, 0) is 11.3 Å². The highest BCUT2D eigenvalue weighted by Gasteiger charge is 2.33. The SMILES string of the molecule is O=C([O-])c1ccc(/C=C2/NC(=O)N(Cc3ccccc3F)C2=O)cc1. The van der Waals surface area contributed by atoms with E-state index >= 15 is 0 Å². The summed E-state index contributed by atoms with van der Waals surface area (Å²) in [5, 5.41) is 13.1. The molecule has 2 aromatic rings. The number of carboxylic acid groups (broad SMARTS) is 1. The molecule has 3 amide bonds. The van der Waals surface area contributed by atoms with Crippen molar-refractivity contribution in [2.75, 3.05) is 0 Å². The molecule has 1 N–H and O–H groups in total. The quantitative estimate of drug-likeness (QED) is 0.671. The monoisotopic (exact) mass is 339 g/mol. The molecule has 1 heterocycles. The van der Waals surface area contributed by atoms with Gasteiger partial charge in [-0.05, 0) is 23.3 Å². The van der Waals surface area contributed by atoms with E-state index in [1.807, 2.05) is 0 Å². The topological polar surface area (TPSA) is 89.5 Å². The molecule has 1 aliphatic rings. The van der Waals surface area contributed by atoms with Gasteiger partial charge < -0.3 is 15.2 Å². The van der Waals surface area contributed by atoms with Crippen molar-refractivity contribution in [3.05, 3.63) is 76.7 Å². The van der Waals surface area contributed by atoms with E-state index < -0.39 is 23.7 Å². The number of hydrogen-bond acceptors (Lipinski definition) is 4. The van der Waals surface area contributed by atoms with Crippen molar-refractivity contribution in [2.24, 2.45) is 0 Å². The van der Waals surface area contributed by atoms with Crippen molar-refractivity contribution < 1.29 is 23.9 Å². The van der Waals surface area contributed by atoms with Crippen molar-refractivity contribution in [1.82, 2.24) is 10.2 Å². The molecule has 1 saturated heterocycles. The number of carbonyl (C=O) groups is 3. The Labute approximate surface area is 142 Å². The van der Waals surface area contributed by atoms with Crippen LogP contribution in [0.15, 0.2) is 54.2 Å². The van der Waals surface area contributed by atoms with Gasteiger partial charge in [-0.3, -0.25) is 9.69 Å². The van der Waals surface area contributed by atoms with E-state index in [0.717, 1.165) is 4.90 Å². The fourth-order valence-corrected chi connectivity index (χ4v) is 2.39. The van der Waals surface area contributed by atoms with Gasteiger partial charge in [-0.2, -0.15) is 0 Å². The first-order valence-corrected chi connectivity index (χ1v) is 7.35. The zero-order valence-electron chi connectivity index (χ0n) is 12.9. The molecule has 0 atom stereocenters. The minimum Gasteiger partial charge on any atom is -0.545 e. The smallest absolute Gasteiger partial charge is 0.329 e. The summed E-state index contributed by atoms with van der Waals surface area (Å²) in [6.45, 7) is -0.182. The second kappa shape index (κ2) is 6.56. The number of rotatable bonds is 4. The summed E-state index contributed by atoms with van der Waals surface area (Å²) < 4.78 is 13.7. The molecule has 0 unspecified atom stereocenters. The standard InChI is InChI=1S/C18H13FN2O4/c19-14-4-2-1-3-13(14)10-21-16(22)15(20-18(21)25)9-11-5-7-12(8-6-11)17(23)24/h1-9H,10H2,(H,20,25)(H,23,24)/p-1/b15-9+. The van der Waals surface area contributed by atoms with Crippen LogP contribution in [0, 0.1) is 5.82 Å². The Bertz CT molecular complexity index is 890. The minimum atomic E-state index is -1.31. The molecule has 0 spiro atoms. The molecule has 126 valence electrons. The molecule has 1 aliphatic heterocycles. The number of amides is 3. The summed E-state index contributed by atoms with van der Waals surface area (Å²) in [6, 6.07) is 10.9. The Morgan fingerprint density at radius 3 is 2.44 bits per heavy atom. The average molecular weight is 339 g/mol. The van der Waals surface area contributed by atoms with Gasteiger partial charge in [0.1, 0.15) is 11.5 Å². The number of nitrogens with one attached hydrogen (secondary N) is 1. The molecule has 1 fully saturated rings. The van der Waals surface area contributed by atoms with E-state index in [0.29, 0.717) is 5.56 Å². The molecule has 0 bridgehead atoms. The number of benzene rings is 2. The first kappa shape index (κ1) is 16.4. The van der Waals surface area contributed by atoms with Gasteiger partial charge in [0.15, 0.2) is 0 Å². The minimum absolute atomic E-state index is 0.00473. The van der Waals surface area contributed by atoms with Crippen LogP contribution in [0.4, 0.5) is 9.18 Å². The van der Waals surface area contributed by atoms with Gasteiger partial charge in [0.25, 0.3) is 5.91 Å². The van der Waals surface area contributed by atoms with E-state index in [2.05, 4.69) is 5.32 Å². The first-order chi connectivity index (χ1) is 12.0. The van der Waals surface area contributed by atoms with Gasteiger partial charge in [-0.15, -0.1) is 0 Å². The van der Waals surface area contributed by atoms with Crippen molar-refractivity contribution >= 4 is 24.0 Å². The third-order valence-electron chi connectivity index (χ3n) is 3.71. The number of imide groups is 1. The van der Waals surface area contributed by atoms with Crippen LogP contribution >= 0.6 is 0 Å². The lowest BCUT2D eigenvalue weighted by Crippen LogP contribution is -2.30. The van der Waals surface area contributed by atoms with Gasteiger partial charge in [-0.1, -0.05) is 42.5 Å². The zero-order chi connectivity index (χ0) is 18.0. The Morgan fingerprint density at radius 1 is 1.12 bits per heavy atom. The highest BCUT2D eigenvalue weighted by molar-refractivity contribution is 6.13. The van der Waals surface area contributed by atoms with E-state index in [-0.39, 0.29) is 23.4 Å². The van der Waals surface area contributed by atoms with Crippen LogP contribution in [0.3, 0.4) is 0 Å². The van der Waals surface area contributed by atoms with Gasteiger partial charge in [0.2, 0.25) is 0 Å². The third-order valence-corrected chi connectivity index (χ3v) is 3.71. The number of aromatic carboxylic acids is 1. The molecular formula is C18H12FN2O4-. The molecule has 0 aliphatic carbocycles. The average Bonchev–Trinajstić information content (AvgIpc) is 2.85. The molecule has 0 aromatic heterocycles. The lowest BCUT2D eigenvalue weighted by Gasteiger charge is -2.12. The normalized spacial score (nSPS) is 15.6. The lowest BCUT2D eigenvalue weighted by atomic mass is 10.1. The van der Waals surface area contributed by atoms with Gasteiger partial charge in [0.05, 0.1) is 12.5 Å². The number of halogens is 1. The Morgan fingerprint density at radius 2 is 1.80 bits per heavy atom. The second-order valence-corrected chi connectivity index (χ2v) is 5.38. The predicted molar refractivity (Wildman–Crippen MR) is 84.2 cm³/mol. The van der Waals surface area contributed by atoms with E-state index in [1.165, 1.54) is 48.5 Å². The van der Waals surface area contributed by atoms with Crippen LogP contribution < -0.4 is 10.4 Å². The fourth-order valence-electron chi connectivity index (χ4n) is 2.39. The highest BCUT2D eigenvalue weighted by Crippen LogP contribution is 2.18. The van der Waals surface area contributed by atoms with Crippen LogP contribution in [0.25, 0.3) is 6.08 Å². The number of carbonyl (C=O) groups excluding carboxylic acids is 3. The van der Waals surface area contributed by atoms with Gasteiger partial charge >= 0.3 is 6.03 Å². The van der Waals surface area contributed by atoms with E-state index in [9.17, 15) is 23.9 Å². The van der Waals surface area contributed by atoms with Crippen molar-refractivity contribution in [3.8, 4) is 0 Å². The van der Waals surface area contributed by atoms with Crippen LogP contribution in [0.2, 0.25) is 0 Å².